The maximum atomic E-state index is 12.8. The molecule has 0 unspecified atom stereocenters. The number of halogens is 3. The molecule has 21 heavy (non-hydrogen) atoms. The van der Waals surface area contributed by atoms with Gasteiger partial charge >= 0.3 is 6.18 Å². The maximum Gasteiger partial charge on any atom is 0.433 e. The van der Waals surface area contributed by atoms with Crippen molar-refractivity contribution in [1.82, 2.24) is 9.78 Å². The number of aryl methyl sites for hydroxylation is 1. The van der Waals surface area contributed by atoms with Crippen LogP contribution in [0, 0.1) is 0 Å². The Balaban J connectivity index is 2.20. The van der Waals surface area contributed by atoms with Crippen LogP contribution in [0.3, 0.4) is 0 Å². The molecule has 0 aliphatic carbocycles. The summed E-state index contributed by atoms with van der Waals surface area (Å²) >= 11 is 0. The zero-order valence-corrected chi connectivity index (χ0v) is 10.8. The van der Waals surface area contributed by atoms with Gasteiger partial charge in [-0.15, -0.1) is 0 Å². The molecule has 0 spiro atoms. The highest BCUT2D eigenvalue weighted by Gasteiger charge is 2.37. The van der Waals surface area contributed by atoms with Gasteiger partial charge in [-0.3, -0.25) is 9.48 Å². The second-order valence-corrected chi connectivity index (χ2v) is 4.16. The fraction of sp³-hybridized carbons (Fsp3) is 0.333. The third-order valence-electron chi connectivity index (χ3n) is 2.67. The van der Waals surface area contributed by atoms with Crippen LogP contribution in [0.25, 0.3) is 0 Å². The Kier molecular flexibility index (Phi) is 4.03. The molecule has 0 aromatic carbocycles. The molecule has 114 valence electrons. The number of hydrogen-bond acceptors (Lipinski definition) is 5. The maximum absolute atomic E-state index is 12.8. The summed E-state index contributed by atoms with van der Waals surface area (Å²) in [5.74, 6) is -0.214. The van der Waals surface area contributed by atoms with Crippen LogP contribution in [0.1, 0.15) is 17.0 Å². The van der Waals surface area contributed by atoms with Gasteiger partial charge in [-0.05, 0) is 0 Å². The fourth-order valence-electron chi connectivity index (χ4n) is 1.74. The van der Waals surface area contributed by atoms with Gasteiger partial charge in [0.1, 0.15) is 30.9 Å². The third-order valence-corrected chi connectivity index (χ3v) is 2.67. The lowest BCUT2D eigenvalue weighted by Gasteiger charge is -2.10. The lowest BCUT2D eigenvalue weighted by atomic mass is 10.2. The van der Waals surface area contributed by atoms with E-state index in [1.165, 1.54) is 0 Å². The van der Waals surface area contributed by atoms with Gasteiger partial charge in [0.2, 0.25) is 11.2 Å². The van der Waals surface area contributed by atoms with E-state index >= 15 is 0 Å². The Labute approximate surface area is 116 Å². The van der Waals surface area contributed by atoms with E-state index in [1.807, 2.05) is 0 Å². The molecule has 1 N–H and O–H groups in total. The summed E-state index contributed by atoms with van der Waals surface area (Å²) in [6.45, 7) is -0.942. The van der Waals surface area contributed by atoms with E-state index in [9.17, 15) is 18.0 Å². The van der Waals surface area contributed by atoms with Gasteiger partial charge in [0, 0.05) is 18.7 Å². The van der Waals surface area contributed by atoms with Crippen LogP contribution >= 0.6 is 0 Å². The molecule has 0 bridgehead atoms. The monoisotopic (exact) mass is 304 g/mol. The molecule has 2 aromatic heterocycles. The van der Waals surface area contributed by atoms with Crippen LogP contribution in [0.15, 0.2) is 27.7 Å². The van der Waals surface area contributed by atoms with E-state index in [0.717, 1.165) is 25.6 Å². The Bertz CT molecular complexity index is 691. The summed E-state index contributed by atoms with van der Waals surface area (Å²) in [6, 6.07) is 1.00. The number of aromatic nitrogens is 2. The molecule has 0 aliphatic rings. The van der Waals surface area contributed by atoms with E-state index in [-0.39, 0.29) is 17.1 Å². The summed E-state index contributed by atoms with van der Waals surface area (Å²) < 4.78 is 49.0. The quantitative estimate of drug-likeness (QED) is 0.925. The molecule has 0 atom stereocenters. The first-order valence-corrected chi connectivity index (χ1v) is 5.76. The molecule has 0 amide bonds. The van der Waals surface area contributed by atoms with Crippen LogP contribution in [-0.2, 0) is 26.4 Å². The summed E-state index contributed by atoms with van der Waals surface area (Å²) in [4.78, 5) is 11.6. The number of aliphatic hydroxyl groups excluding tert-OH is 1. The van der Waals surface area contributed by atoms with Crippen molar-refractivity contribution >= 4 is 0 Å². The zero-order chi connectivity index (χ0) is 15.6. The van der Waals surface area contributed by atoms with Crippen LogP contribution in [0.4, 0.5) is 13.2 Å². The summed E-state index contributed by atoms with van der Waals surface area (Å²) in [5.41, 5.74) is -1.74. The van der Waals surface area contributed by atoms with Crippen molar-refractivity contribution in [3.63, 3.8) is 0 Å². The average Bonchev–Trinajstić information content (AvgIpc) is 2.78. The highest BCUT2D eigenvalue weighted by atomic mass is 19.4. The molecule has 0 fully saturated rings. The van der Waals surface area contributed by atoms with Gasteiger partial charge < -0.3 is 14.3 Å². The van der Waals surface area contributed by atoms with Gasteiger partial charge in [0.05, 0.1) is 6.20 Å². The number of alkyl halides is 3. The molecule has 0 saturated heterocycles. The summed E-state index contributed by atoms with van der Waals surface area (Å²) in [5, 5.41) is 12.3. The number of aliphatic hydroxyl groups is 1. The van der Waals surface area contributed by atoms with E-state index in [2.05, 4.69) is 5.10 Å². The molecule has 2 heterocycles. The first-order chi connectivity index (χ1) is 9.82. The lowest BCUT2D eigenvalue weighted by molar-refractivity contribution is -0.144. The molecular weight excluding hydrogens is 293 g/mol. The van der Waals surface area contributed by atoms with E-state index in [0.29, 0.717) is 4.68 Å². The first-order valence-electron chi connectivity index (χ1n) is 5.76. The van der Waals surface area contributed by atoms with Crippen LogP contribution in [-0.4, -0.2) is 14.9 Å². The Morgan fingerprint density at radius 2 is 2.19 bits per heavy atom. The highest BCUT2D eigenvalue weighted by molar-refractivity contribution is 5.22. The smallest absolute Gasteiger partial charge is 0.433 e. The fourth-order valence-corrected chi connectivity index (χ4v) is 1.74. The van der Waals surface area contributed by atoms with Crippen molar-refractivity contribution in [3.05, 3.63) is 45.8 Å². The second-order valence-electron chi connectivity index (χ2n) is 4.16. The highest BCUT2D eigenvalue weighted by Crippen LogP contribution is 2.31. The minimum atomic E-state index is -4.57. The van der Waals surface area contributed by atoms with Gasteiger partial charge in [0.25, 0.3) is 0 Å². The number of hydrogen-bond donors (Lipinski definition) is 1. The first kappa shape index (κ1) is 15.1. The van der Waals surface area contributed by atoms with Gasteiger partial charge in [-0.1, -0.05) is 0 Å². The molecule has 0 saturated carbocycles. The van der Waals surface area contributed by atoms with Crippen LogP contribution in [0.2, 0.25) is 0 Å². The van der Waals surface area contributed by atoms with Crippen molar-refractivity contribution < 1.29 is 27.4 Å². The molecule has 0 aliphatic heterocycles. The predicted molar refractivity (Wildman–Crippen MR) is 63.4 cm³/mol. The van der Waals surface area contributed by atoms with Crippen molar-refractivity contribution in [2.24, 2.45) is 7.05 Å². The van der Waals surface area contributed by atoms with Crippen molar-refractivity contribution in [3.8, 4) is 5.75 Å². The molecule has 2 rings (SSSR count). The second kappa shape index (κ2) is 5.60. The van der Waals surface area contributed by atoms with Crippen LogP contribution < -0.4 is 10.2 Å². The molecule has 0 radical (unpaired) electrons. The van der Waals surface area contributed by atoms with Gasteiger partial charge in [-0.25, -0.2) is 0 Å². The minimum Gasteiger partial charge on any atom is -0.482 e. The largest absolute Gasteiger partial charge is 0.482 e. The summed E-state index contributed by atoms with van der Waals surface area (Å²) in [7, 11) is 1.16. The van der Waals surface area contributed by atoms with Crippen LogP contribution in [0.5, 0.6) is 5.75 Å². The van der Waals surface area contributed by atoms with E-state index < -0.39 is 30.5 Å². The van der Waals surface area contributed by atoms with Crippen molar-refractivity contribution in [1.29, 1.82) is 0 Å². The standard InChI is InChI=1S/C12H11F3N2O4/c1-17-11(12(13,14)15)7(3-16-17)5-21-10-6-20-8(4-18)2-9(10)19/h2-3,6,18H,4-5H2,1H3. The third kappa shape index (κ3) is 3.24. The Morgan fingerprint density at radius 1 is 1.48 bits per heavy atom. The SMILES string of the molecule is Cn1ncc(COc2coc(CO)cc2=O)c1C(F)(F)F. The topological polar surface area (TPSA) is 77.5 Å². The number of nitrogens with zero attached hydrogens (tertiary/aromatic N) is 2. The Morgan fingerprint density at radius 3 is 2.76 bits per heavy atom. The Hall–Kier alpha value is -2.29. The summed E-state index contributed by atoms with van der Waals surface area (Å²) in [6.07, 6.45) is -2.61. The molecule has 6 nitrogen and oxygen atoms in total. The lowest BCUT2D eigenvalue weighted by Crippen LogP contribution is -2.16. The number of rotatable bonds is 4. The minimum absolute atomic E-state index is 0.0321. The van der Waals surface area contributed by atoms with Gasteiger partial charge in [-0.2, -0.15) is 18.3 Å². The average molecular weight is 304 g/mol. The van der Waals surface area contributed by atoms with Gasteiger partial charge in [0.15, 0.2) is 0 Å². The molecular formula is C12H11F3N2O4. The molecule has 2 aromatic rings. The zero-order valence-electron chi connectivity index (χ0n) is 10.8. The molecule has 9 heteroatoms. The van der Waals surface area contributed by atoms with E-state index in [1.54, 1.807) is 0 Å². The number of ether oxygens (including phenoxy) is 1. The van der Waals surface area contributed by atoms with E-state index in [4.69, 9.17) is 14.3 Å². The van der Waals surface area contributed by atoms with Crippen molar-refractivity contribution in [2.45, 2.75) is 19.4 Å². The normalized spacial score (nSPS) is 11.7. The van der Waals surface area contributed by atoms with Crippen molar-refractivity contribution in [2.75, 3.05) is 0 Å². The predicted octanol–water partition coefficient (Wildman–Crippen LogP) is 1.46.